The van der Waals surface area contributed by atoms with E-state index in [1.807, 2.05) is 0 Å². The highest BCUT2D eigenvalue weighted by Gasteiger charge is 2.25. The lowest BCUT2D eigenvalue weighted by Gasteiger charge is -2.13. The maximum Gasteiger partial charge on any atom is 0.286 e. The largest absolute Gasteiger partial charge is 0.493 e. The number of benzene rings is 2. The molecule has 0 aliphatic rings. The van der Waals surface area contributed by atoms with Gasteiger partial charge < -0.3 is 19.5 Å². The smallest absolute Gasteiger partial charge is 0.286 e. The van der Waals surface area contributed by atoms with E-state index in [0.29, 0.717) is 12.3 Å². The van der Waals surface area contributed by atoms with Gasteiger partial charge in [-0.15, -0.1) is 0 Å². The van der Waals surface area contributed by atoms with Gasteiger partial charge in [0.2, 0.25) is 0 Å². The average Bonchev–Trinajstić information content (AvgIpc) is 3.29. The van der Waals surface area contributed by atoms with E-state index in [1.54, 1.807) is 35.3 Å². The quantitative estimate of drug-likeness (QED) is 0.322. The van der Waals surface area contributed by atoms with Crippen molar-refractivity contribution in [2.75, 3.05) is 32.8 Å². The molecule has 2 aromatic carbocycles. The monoisotopic (exact) mass is 413 g/mol. The number of anilines is 1. The molecule has 0 aliphatic heterocycles. The van der Waals surface area contributed by atoms with Crippen molar-refractivity contribution in [1.29, 1.82) is 0 Å². The maximum atomic E-state index is 12.7. The number of nitro groups is 1. The summed E-state index contributed by atoms with van der Waals surface area (Å²) >= 11 is 0. The number of nitro benzene ring substituents is 1. The molecule has 1 amide bonds. The van der Waals surface area contributed by atoms with Crippen LogP contribution in [-0.2, 0) is 4.74 Å². The third-order valence-corrected chi connectivity index (χ3v) is 4.08. The van der Waals surface area contributed by atoms with Gasteiger partial charge in [0.05, 0.1) is 30.4 Å². The van der Waals surface area contributed by atoms with E-state index >= 15 is 0 Å². The Balaban J connectivity index is 1.84. The average molecular weight is 413 g/mol. The van der Waals surface area contributed by atoms with Crippen molar-refractivity contribution in [3.8, 4) is 17.2 Å². The molecular formula is C19H19N5O6. The van der Waals surface area contributed by atoms with Crippen LogP contribution in [0.3, 0.4) is 0 Å². The molecule has 0 fully saturated rings. The molecule has 11 nitrogen and oxygen atoms in total. The van der Waals surface area contributed by atoms with E-state index in [9.17, 15) is 14.9 Å². The molecule has 0 atom stereocenters. The Hall–Kier alpha value is -3.99. The van der Waals surface area contributed by atoms with Gasteiger partial charge in [0.1, 0.15) is 24.8 Å². The van der Waals surface area contributed by atoms with Crippen LogP contribution >= 0.6 is 0 Å². The van der Waals surface area contributed by atoms with Gasteiger partial charge in [-0.25, -0.2) is 9.67 Å². The molecule has 1 aromatic heterocycles. The van der Waals surface area contributed by atoms with Crippen molar-refractivity contribution in [3.63, 3.8) is 0 Å². The lowest BCUT2D eigenvalue weighted by atomic mass is 10.1. The van der Waals surface area contributed by atoms with Crippen molar-refractivity contribution < 1.29 is 23.9 Å². The molecule has 0 radical (unpaired) electrons. The fourth-order valence-corrected chi connectivity index (χ4v) is 2.63. The summed E-state index contributed by atoms with van der Waals surface area (Å²) in [6.07, 6.45) is 2.95. The number of hydrogen-bond acceptors (Lipinski definition) is 8. The zero-order valence-electron chi connectivity index (χ0n) is 16.3. The van der Waals surface area contributed by atoms with Gasteiger partial charge in [0, 0.05) is 18.9 Å². The van der Waals surface area contributed by atoms with Crippen LogP contribution < -0.4 is 14.8 Å². The number of nitrogens with one attached hydrogen (secondary N) is 1. The predicted octanol–water partition coefficient (Wildman–Crippen LogP) is 2.46. The SMILES string of the molecule is COCCOc1cc([N+](=O)[O-])c(C(=O)Nc2ccc(-n3cncn3)cc2)cc1OC. The normalized spacial score (nSPS) is 10.5. The van der Waals surface area contributed by atoms with Crippen LogP contribution in [0.5, 0.6) is 11.5 Å². The summed E-state index contributed by atoms with van der Waals surface area (Å²) in [4.78, 5) is 27.5. The van der Waals surface area contributed by atoms with Crippen LogP contribution in [0.4, 0.5) is 11.4 Å². The van der Waals surface area contributed by atoms with Gasteiger partial charge in [-0.1, -0.05) is 0 Å². The van der Waals surface area contributed by atoms with Crippen LogP contribution in [0.15, 0.2) is 49.1 Å². The number of aromatic nitrogens is 3. The first-order valence-electron chi connectivity index (χ1n) is 8.78. The molecular weight excluding hydrogens is 394 g/mol. The molecule has 1 N–H and O–H groups in total. The minimum absolute atomic E-state index is 0.148. The summed E-state index contributed by atoms with van der Waals surface area (Å²) < 4.78 is 17.1. The Morgan fingerprint density at radius 2 is 1.93 bits per heavy atom. The number of carbonyl (C=O) groups is 1. The van der Waals surface area contributed by atoms with Gasteiger partial charge in [-0.3, -0.25) is 14.9 Å². The van der Waals surface area contributed by atoms with Crippen LogP contribution in [-0.4, -0.2) is 53.0 Å². The Morgan fingerprint density at radius 3 is 2.53 bits per heavy atom. The van der Waals surface area contributed by atoms with Gasteiger partial charge in [0.25, 0.3) is 11.6 Å². The van der Waals surface area contributed by atoms with Crippen LogP contribution in [0, 0.1) is 10.1 Å². The number of nitrogens with zero attached hydrogens (tertiary/aromatic N) is 4. The number of amides is 1. The summed E-state index contributed by atoms with van der Waals surface area (Å²) in [5, 5.41) is 18.2. The highest BCUT2D eigenvalue weighted by atomic mass is 16.6. The van der Waals surface area contributed by atoms with Crippen LogP contribution in [0.1, 0.15) is 10.4 Å². The Kier molecular flexibility index (Phi) is 6.55. The van der Waals surface area contributed by atoms with E-state index in [-0.39, 0.29) is 23.7 Å². The minimum Gasteiger partial charge on any atom is -0.493 e. The van der Waals surface area contributed by atoms with Gasteiger partial charge >= 0.3 is 0 Å². The summed E-state index contributed by atoms with van der Waals surface area (Å²) in [7, 11) is 2.89. The van der Waals surface area contributed by atoms with Crippen molar-refractivity contribution in [2.24, 2.45) is 0 Å². The third-order valence-electron chi connectivity index (χ3n) is 4.08. The molecule has 30 heavy (non-hydrogen) atoms. The maximum absolute atomic E-state index is 12.7. The van der Waals surface area contributed by atoms with Gasteiger partial charge in [0.15, 0.2) is 11.5 Å². The fourth-order valence-electron chi connectivity index (χ4n) is 2.63. The minimum atomic E-state index is -0.656. The molecule has 0 spiro atoms. The number of carbonyl (C=O) groups excluding carboxylic acids is 1. The third kappa shape index (κ3) is 4.70. The lowest BCUT2D eigenvalue weighted by Crippen LogP contribution is -2.15. The summed E-state index contributed by atoms with van der Waals surface area (Å²) in [6.45, 7) is 0.470. The zero-order chi connectivity index (χ0) is 21.5. The first-order valence-corrected chi connectivity index (χ1v) is 8.78. The number of rotatable bonds is 9. The molecule has 0 saturated carbocycles. The fraction of sp³-hybridized carbons (Fsp3) is 0.211. The van der Waals surface area contributed by atoms with E-state index < -0.39 is 16.5 Å². The van der Waals surface area contributed by atoms with Gasteiger partial charge in [-0.05, 0) is 24.3 Å². The zero-order valence-corrected chi connectivity index (χ0v) is 16.3. The van der Waals surface area contributed by atoms with Crippen LogP contribution in [0.25, 0.3) is 5.69 Å². The van der Waals surface area contributed by atoms with Crippen molar-refractivity contribution in [1.82, 2.24) is 14.8 Å². The molecule has 0 unspecified atom stereocenters. The predicted molar refractivity (Wildman–Crippen MR) is 106 cm³/mol. The molecule has 3 rings (SSSR count). The number of hydrogen-bond donors (Lipinski definition) is 1. The lowest BCUT2D eigenvalue weighted by molar-refractivity contribution is -0.385. The highest BCUT2D eigenvalue weighted by Crippen LogP contribution is 2.35. The summed E-state index contributed by atoms with van der Waals surface area (Å²) in [6, 6.07) is 9.20. The summed E-state index contributed by atoms with van der Waals surface area (Å²) in [5.41, 5.74) is 0.643. The van der Waals surface area contributed by atoms with Gasteiger partial charge in [-0.2, -0.15) is 5.10 Å². The molecule has 0 saturated heterocycles. The van der Waals surface area contributed by atoms with Crippen LogP contribution in [0.2, 0.25) is 0 Å². The molecule has 156 valence electrons. The van der Waals surface area contributed by atoms with E-state index in [1.165, 1.54) is 26.6 Å². The second kappa shape index (κ2) is 9.47. The molecule has 11 heteroatoms. The van der Waals surface area contributed by atoms with E-state index in [0.717, 1.165) is 11.8 Å². The first-order chi connectivity index (χ1) is 14.5. The highest BCUT2D eigenvalue weighted by molar-refractivity contribution is 6.07. The molecule has 0 bridgehead atoms. The second-order valence-corrected chi connectivity index (χ2v) is 5.96. The number of methoxy groups -OCH3 is 2. The van der Waals surface area contributed by atoms with E-state index in [2.05, 4.69) is 15.4 Å². The first kappa shape index (κ1) is 20.7. The molecule has 0 aliphatic carbocycles. The van der Waals surface area contributed by atoms with Crippen molar-refractivity contribution in [3.05, 3.63) is 64.7 Å². The topological polar surface area (TPSA) is 131 Å². The van der Waals surface area contributed by atoms with Crippen molar-refractivity contribution >= 4 is 17.3 Å². The Labute approximate surface area is 171 Å². The summed E-state index contributed by atoms with van der Waals surface area (Å²) in [5.74, 6) is -0.310. The molecule has 3 aromatic rings. The standard InChI is InChI=1S/C19H19N5O6/c1-28-7-8-30-18-10-16(24(26)27)15(9-17(18)29-2)19(25)22-13-3-5-14(6-4-13)23-12-20-11-21-23/h3-6,9-12H,7-8H2,1-2H3,(H,22,25). The Morgan fingerprint density at radius 1 is 1.17 bits per heavy atom. The second-order valence-electron chi connectivity index (χ2n) is 5.96. The Bertz CT molecular complexity index is 1020. The van der Waals surface area contributed by atoms with Crippen molar-refractivity contribution in [2.45, 2.75) is 0 Å². The van der Waals surface area contributed by atoms with E-state index in [4.69, 9.17) is 14.2 Å². The molecule has 1 heterocycles. The number of ether oxygens (including phenoxy) is 3.